The number of aryl methyl sites for hydroxylation is 1. The van der Waals surface area contributed by atoms with E-state index in [1.54, 1.807) is 23.0 Å². The summed E-state index contributed by atoms with van der Waals surface area (Å²) in [5.74, 6) is 0.189. The first-order valence-electron chi connectivity index (χ1n) is 9.67. The molecule has 0 saturated heterocycles. The van der Waals surface area contributed by atoms with E-state index in [-0.39, 0.29) is 11.3 Å². The van der Waals surface area contributed by atoms with Crippen LogP contribution in [0, 0.1) is 0 Å². The van der Waals surface area contributed by atoms with Crippen LogP contribution in [0.25, 0.3) is 28.3 Å². The third-order valence-electron chi connectivity index (χ3n) is 4.81. The number of benzene rings is 1. The third-order valence-corrected chi connectivity index (χ3v) is 4.81. The Morgan fingerprint density at radius 1 is 0.906 bits per heavy atom. The highest BCUT2D eigenvalue weighted by Crippen LogP contribution is 2.23. The Balaban J connectivity index is 1.47. The van der Waals surface area contributed by atoms with Crippen LogP contribution in [-0.4, -0.2) is 40.5 Å². The molecule has 0 fully saturated rings. The van der Waals surface area contributed by atoms with E-state index in [4.69, 9.17) is 0 Å². The van der Waals surface area contributed by atoms with Gasteiger partial charge in [0, 0.05) is 42.3 Å². The highest BCUT2D eigenvalue weighted by molar-refractivity contribution is 6.03. The minimum atomic E-state index is -0.417. The van der Waals surface area contributed by atoms with Crippen molar-refractivity contribution in [1.82, 2.24) is 34.6 Å². The molecule has 0 aliphatic carbocycles. The zero-order valence-electron chi connectivity index (χ0n) is 16.9. The molecule has 0 bridgehead atoms. The van der Waals surface area contributed by atoms with Gasteiger partial charge in [-0.15, -0.1) is 10.2 Å². The molecule has 4 heterocycles. The predicted octanol–water partition coefficient (Wildman–Crippen LogP) is 2.20. The molecular weight excluding hydrogens is 408 g/mol. The summed E-state index contributed by atoms with van der Waals surface area (Å²) in [7, 11) is 1.49. The highest BCUT2D eigenvalue weighted by Gasteiger charge is 2.12. The lowest BCUT2D eigenvalue weighted by Crippen LogP contribution is -2.23. The van der Waals surface area contributed by atoms with Crippen molar-refractivity contribution in [2.24, 2.45) is 7.05 Å². The van der Waals surface area contributed by atoms with Crippen molar-refractivity contribution < 1.29 is 4.79 Å². The second kappa shape index (κ2) is 7.84. The van der Waals surface area contributed by atoms with Gasteiger partial charge >= 0.3 is 0 Å². The minimum absolute atomic E-state index is 0.142. The number of carbonyl (C=O) groups excluding carboxylic acids is 1. The van der Waals surface area contributed by atoms with Gasteiger partial charge in [-0.2, -0.15) is 14.7 Å². The molecule has 0 atom stereocenters. The van der Waals surface area contributed by atoms with Gasteiger partial charge in [0.1, 0.15) is 5.69 Å². The number of pyridine rings is 1. The maximum Gasteiger partial charge on any atom is 0.276 e. The van der Waals surface area contributed by atoms with Gasteiger partial charge in [0.15, 0.2) is 11.5 Å². The molecule has 10 nitrogen and oxygen atoms in total. The highest BCUT2D eigenvalue weighted by atomic mass is 16.2. The maximum absolute atomic E-state index is 12.5. The number of aromatic nitrogens is 7. The van der Waals surface area contributed by atoms with Gasteiger partial charge in [-0.05, 0) is 42.5 Å². The number of hydrogen-bond acceptors (Lipinski definition) is 7. The molecule has 1 N–H and O–H groups in total. The van der Waals surface area contributed by atoms with Crippen LogP contribution in [0.15, 0.2) is 77.9 Å². The molecular formula is C22H16N8O2. The van der Waals surface area contributed by atoms with Crippen molar-refractivity contribution in [2.75, 3.05) is 5.32 Å². The van der Waals surface area contributed by atoms with Crippen molar-refractivity contribution in [1.29, 1.82) is 0 Å². The van der Waals surface area contributed by atoms with Crippen LogP contribution in [0.5, 0.6) is 0 Å². The Bertz CT molecular complexity index is 1510. The van der Waals surface area contributed by atoms with Gasteiger partial charge in [-0.1, -0.05) is 12.1 Å². The van der Waals surface area contributed by atoms with Crippen molar-refractivity contribution in [3.63, 3.8) is 0 Å². The number of nitrogens with one attached hydrogen (secondary N) is 1. The number of nitrogens with zero attached hydrogens (tertiary/aromatic N) is 7. The van der Waals surface area contributed by atoms with Crippen LogP contribution >= 0.6 is 0 Å². The van der Waals surface area contributed by atoms with Gasteiger partial charge in [0.05, 0.1) is 5.69 Å². The molecule has 156 valence electrons. The Labute approximate surface area is 181 Å². The molecule has 0 radical (unpaired) electrons. The second-order valence-electron chi connectivity index (χ2n) is 6.96. The minimum Gasteiger partial charge on any atom is -0.321 e. The lowest BCUT2D eigenvalue weighted by atomic mass is 10.1. The number of amides is 1. The fourth-order valence-corrected chi connectivity index (χ4v) is 3.20. The Kier molecular flexibility index (Phi) is 4.71. The summed E-state index contributed by atoms with van der Waals surface area (Å²) >= 11 is 0. The molecule has 1 aromatic carbocycles. The summed E-state index contributed by atoms with van der Waals surface area (Å²) in [5.41, 5.74) is 3.38. The van der Waals surface area contributed by atoms with E-state index >= 15 is 0 Å². The van der Waals surface area contributed by atoms with Crippen LogP contribution in [-0.2, 0) is 7.05 Å². The molecule has 0 spiro atoms. The predicted molar refractivity (Wildman–Crippen MR) is 117 cm³/mol. The van der Waals surface area contributed by atoms with Gasteiger partial charge in [0.2, 0.25) is 0 Å². The summed E-state index contributed by atoms with van der Waals surface area (Å²) in [6, 6.07) is 17.3. The maximum atomic E-state index is 12.5. The van der Waals surface area contributed by atoms with E-state index < -0.39 is 5.91 Å². The largest absolute Gasteiger partial charge is 0.321 e. The van der Waals surface area contributed by atoms with Crippen LogP contribution in [0.3, 0.4) is 0 Å². The van der Waals surface area contributed by atoms with Gasteiger partial charge < -0.3 is 5.32 Å². The summed E-state index contributed by atoms with van der Waals surface area (Å²) in [5, 5.41) is 19.9. The molecule has 5 rings (SSSR count). The Morgan fingerprint density at radius 3 is 2.56 bits per heavy atom. The first-order valence-corrected chi connectivity index (χ1v) is 9.67. The molecule has 32 heavy (non-hydrogen) atoms. The molecule has 0 aliphatic rings. The average Bonchev–Trinajstić information content (AvgIpc) is 3.25. The Morgan fingerprint density at radius 2 is 1.75 bits per heavy atom. The first-order chi connectivity index (χ1) is 15.6. The van der Waals surface area contributed by atoms with Crippen LogP contribution in [0.1, 0.15) is 10.5 Å². The van der Waals surface area contributed by atoms with Gasteiger partial charge in [-0.25, -0.2) is 4.68 Å². The summed E-state index contributed by atoms with van der Waals surface area (Å²) in [4.78, 5) is 28.1. The fourth-order valence-electron chi connectivity index (χ4n) is 3.20. The SMILES string of the molecule is Cn1nc(C(=O)Nc2cccc(-c3ccc4nnc(-c5ccncc5)n4n3)c2)ccc1=O. The van der Waals surface area contributed by atoms with Gasteiger partial charge in [0.25, 0.3) is 11.5 Å². The van der Waals surface area contributed by atoms with E-state index in [9.17, 15) is 9.59 Å². The standard InChI is InChI=1S/C22H16N8O2/c1-29-20(31)8-6-18(27-29)22(32)24-16-4-2-3-15(13-16)17-5-7-19-25-26-21(30(19)28-17)14-9-11-23-12-10-14/h2-13H,1H3,(H,24,32). The smallest absolute Gasteiger partial charge is 0.276 e. The Hall–Kier alpha value is -4.73. The summed E-state index contributed by atoms with van der Waals surface area (Å²) in [6.45, 7) is 0. The second-order valence-corrected chi connectivity index (χ2v) is 6.96. The average molecular weight is 424 g/mol. The molecule has 0 aliphatic heterocycles. The lowest BCUT2D eigenvalue weighted by molar-refractivity contribution is 0.102. The van der Waals surface area contributed by atoms with E-state index in [0.717, 1.165) is 15.8 Å². The molecule has 1 amide bonds. The summed E-state index contributed by atoms with van der Waals surface area (Å²) < 4.78 is 2.79. The van der Waals surface area contributed by atoms with E-state index in [2.05, 4.69) is 30.7 Å². The molecule has 5 aromatic rings. The van der Waals surface area contributed by atoms with E-state index in [0.29, 0.717) is 22.9 Å². The fraction of sp³-hybridized carbons (Fsp3) is 0.0455. The van der Waals surface area contributed by atoms with Crippen LogP contribution < -0.4 is 10.9 Å². The number of hydrogen-bond donors (Lipinski definition) is 1. The molecule has 10 heteroatoms. The molecule has 0 unspecified atom stereocenters. The van der Waals surface area contributed by atoms with Crippen molar-refractivity contribution in [3.8, 4) is 22.6 Å². The topological polar surface area (TPSA) is 120 Å². The van der Waals surface area contributed by atoms with E-state index in [1.807, 2.05) is 42.5 Å². The number of carbonyl (C=O) groups is 1. The summed E-state index contributed by atoms with van der Waals surface area (Å²) in [6.07, 6.45) is 3.37. The van der Waals surface area contributed by atoms with Crippen LogP contribution in [0.4, 0.5) is 5.69 Å². The first kappa shape index (κ1) is 19.2. The molecule has 0 saturated carbocycles. The lowest BCUT2D eigenvalue weighted by Gasteiger charge is -2.08. The van der Waals surface area contributed by atoms with Crippen LogP contribution in [0.2, 0.25) is 0 Å². The normalized spacial score (nSPS) is 10.9. The monoisotopic (exact) mass is 424 g/mol. The third kappa shape index (κ3) is 3.60. The number of rotatable bonds is 4. The molecule has 4 aromatic heterocycles. The van der Waals surface area contributed by atoms with Crippen molar-refractivity contribution in [2.45, 2.75) is 0 Å². The van der Waals surface area contributed by atoms with E-state index in [1.165, 1.54) is 19.2 Å². The zero-order chi connectivity index (χ0) is 22.1. The zero-order valence-corrected chi connectivity index (χ0v) is 16.9. The van der Waals surface area contributed by atoms with Crippen molar-refractivity contribution in [3.05, 3.63) is 89.1 Å². The quantitative estimate of drug-likeness (QED) is 0.470. The number of anilines is 1. The number of fused-ring (bicyclic) bond motifs is 1. The van der Waals surface area contributed by atoms with Crippen molar-refractivity contribution >= 4 is 17.2 Å². The van der Waals surface area contributed by atoms with Gasteiger partial charge in [-0.3, -0.25) is 14.6 Å².